The van der Waals surface area contributed by atoms with E-state index in [1.807, 2.05) is 0 Å². The van der Waals surface area contributed by atoms with Crippen LogP contribution in [-0.2, 0) is 14.6 Å². The molecule has 0 saturated heterocycles. The lowest BCUT2D eigenvalue weighted by molar-refractivity contribution is -0.138. The van der Waals surface area contributed by atoms with Crippen molar-refractivity contribution in [1.82, 2.24) is 0 Å². The maximum absolute atomic E-state index is 13.4. The first-order chi connectivity index (χ1) is 8.18. The van der Waals surface area contributed by atoms with Gasteiger partial charge in [-0.3, -0.25) is 4.79 Å². The summed E-state index contributed by atoms with van der Waals surface area (Å²) >= 11 is 0. The van der Waals surface area contributed by atoms with Crippen LogP contribution in [0.4, 0.5) is 4.39 Å². The lowest BCUT2D eigenvalue weighted by Crippen LogP contribution is -2.12. The number of hydrogen-bond acceptors (Lipinski definition) is 4. The molecule has 0 heterocycles. The van der Waals surface area contributed by atoms with E-state index in [0.29, 0.717) is 0 Å². The van der Waals surface area contributed by atoms with Gasteiger partial charge in [-0.2, -0.15) is 0 Å². The first-order valence-corrected chi connectivity index (χ1v) is 6.88. The van der Waals surface area contributed by atoms with Gasteiger partial charge in [0.1, 0.15) is 16.5 Å². The third kappa shape index (κ3) is 2.79. The van der Waals surface area contributed by atoms with Crippen molar-refractivity contribution in [3.63, 3.8) is 0 Å². The Balaban J connectivity index is 3.63. The predicted molar refractivity (Wildman–Crippen MR) is 62.1 cm³/mol. The number of carbonyl (C=O) groups is 1. The van der Waals surface area contributed by atoms with E-state index in [0.717, 1.165) is 18.4 Å². The van der Waals surface area contributed by atoms with Crippen molar-refractivity contribution < 1.29 is 27.4 Å². The molecule has 1 unspecified atom stereocenters. The van der Waals surface area contributed by atoms with Crippen molar-refractivity contribution in [2.75, 3.05) is 13.4 Å². The standard InChI is InChI=1S/C11H13FO5S/c1-6(11(13)14)8-4-7(12)5-9(10(8)17-2)18(3,15)16/h4-6H,1-3H3,(H,13,14). The maximum Gasteiger partial charge on any atom is 0.310 e. The summed E-state index contributed by atoms with van der Waals surface area (Å²) in [7, 11) is -2.50. The SMILES string of the molecule is COc1c(C(C)C(=O)O)cc(F)cc1S(C)(=O)=O. The molecule has 0 bridgehead atoms. The van der Waals surface area contributed by atoms with Gasteiger partial charge in [0.2, 0.25) is 0 Å². The van der Waals surface area contributed by atoms with Gasteiger partial charge in [0, 0.05) is 11.8 Å². The fourth-order valence-corrected chi connectivity index (χ4v) is 2.40. The van der Waals surface area contributed by atoms with Crippen LogP contribution in [0.5, 0.6) is 5.75 Å². The summed E-state index contributed by atoms with van der Waals surface area (Å²) in [5.74, 6) is -3.22. The zero-order chi connectivity index (χ0) is 14.1. The molecular weight excluding hydrogens is 263 g/mol. The van der Waals surface area contributed by atoms with Crippen molar-refractivity contribution in [2.45, 2.75) is 17.7 Å². The third-order valence-corrected chi connectivity index (χ3v) is 3.59. The lowest BCUT2D eigenvalue weighted by Gasteiger charge is -2.15. The fraction of sp³-hybridized carbons (Fsp3) is 0.364. The van der Waals surface area contributed by atoms with Crippen LogP contribution >= 0.6 is 0 Å². The molecule has 1 rings (SSSR count). The molecule has 1 aromatic rings. The molecule has 0 spiro atoms. The fourth-order valence-electron chi connectivity index (χ4n) is 1.54. The first kappa shape index (κ1) is 14.4. The second-order valence-electron chi connectivity index (χ2n) is 3.86. The Kier molecular flexibility index (Phi) is 3.95. The molecule has 18 heavy (non-hydrogen) atoms. The average molecular weight is 276 g/mol. The largest absolute Gasteiger partial charge is 0.495 e. The Morgan fingerprint density at radius 2 is 2.00 bits per heavy atom. The van der Waals surface area contributed by atoms with Crippen molar-refractivity contribution >= 4 is 15.8 Å². The number of carboxylic acids is 1. The number of rotatable bonds is 4. The molecule has 7 heteroatoms. The van der Waals surface area contributed by atoms with Crippen LogP contribution in [-0.4, -0.2) is 32.9 Å². The van der Waals surface area contributed by atoms with Gasteiger partial charge in [-0.15, -0.1) is 0 Å². The summed E-state index contributed by atoms with van der Waals surface area (Å²) in [5, 5.41) is 8.91. The third-order valence-electron chi connectivity index (χ3n) is 2.49. The van der Waals surface area contributed by atoms with Gasteiger partial charge >= 0.3 is 5.97 Å². The van der Waals surface area contributed by atoms with Crippen LogP contribution < -0.4 is 4.74 Å². The molecule has 1 atom stereocenters. The number of methoxy groups -OCH3 is 1. The number of hydrogen-bond donors (Lipinski definition) is 1. The molecule has 0 aromatic heterocycles. The van der Waals surface area contributed by atoms with E-state index in [2.05, 4.69) is 0 Å². The minimum absolute atomic E-state index is 0.00887. The highest BCUT2D eigenvalue weighted by Crippen LogP contribution is 2.34. The highest BCUT2D eigenvalue weighted by molar-refractivity contribution is 7.90. The van der Waals surface area contributed by atoms with Crippen LogP contribution in [0.1, 0.15) is 18.4 Å². The number of halogens is 1. The summed E-state index contributed by atoms with van der Waals surface area (Å²) in [6, 6.07) is 1.78. The minimum atomic E-state index is -3.71. The Labute approximate surface area is 104 Å². The number of benzene rings is 1. The first-order valence-electron chi connectivity index (χ1n) is 4.98. The molecule has 0 saturated carbocycles. The number of carboxylic acid groups (broad SMARTS) is 1. The molecule has 0 aliphatic carbocycles. The van der Waals surface area contributed by atoms with Crippen LogP contribution in [0.3, 0.4) is 0 Å². The van der Waals surface area contributed by atoms with Crippen LogP contribution in [0.15, 0.2) is 17.0 Å². The monoisotopic (exact) mass is 276 g/mol. The van der Waals surface area contributed by atoms with Crippen LogP contribution in [0.25, 0.3) is 0 Å². The summed E-state index contributed by atoms with van der Waals surface area (Å²) in [6.07, 6.45) is 0.902. The van der Waals surface area contributed by atoms with Crippen molar-refractivity contribution in [2.24, 2.45) is 0 Å². The highest BCUT2D eigenvalue weighted by Gasteiger charge is 2.25. The zero-order valence-electron chi connectivity index (χ0n) is 10.1. The molecule has 1 aromatic carbocycles. The van der Waals surface area contributed by atoms with E-state index in [4.69, 9.17) is 9.84 Å². The highest BCUT2D eigenvalue weighted by atomic mass is 32.2. The topological polar surface area (TPSA) is 80.7 Å². The summed E-state index contributed by atoms with van der Waals surface area (Å²) in [5.41, 5.74) is -0.00887. The second-order valence-corrected chi connectivity index (χ2v) is 5.84. The Hall–Kier alpha value is -1.63. The lowest BCUT2D eigenvalue weighted by atomic mass is 10.00. The molecule has 0 aliphatic rings. The normalized spacial score (nSPS) is 13.1. The predicted octanol–water partition coefficient (Wildman–Crippen LogP) is 1.43. The molecule has 0 aliphatic heterocycles. The molecular formula is C11H13FO5S. The van der Waals surface area contributed by atoms with E-state index < -0.39 is 27.5 Å². The van der Waals surface area contributed by atoms with Gasteiger partial charge in [0.15, 0.2) is 9.84 Å². The number of sulfone groups is 1. The van der Waals surface area contributed by atoms with E-state index in [1.54, 1.807) is 0 Å². The summed E-state index contributed by atoms with van der Waals surface area (Å²) in [4.78, 5) is 10.6. The quantitative estimate of drug-likeness (QED) is 0.899. The zero-order valence-corrected chi connectivity index (χ0v) is 10.9. The van der Waals surface area contributed by atoms with Gasteiger partial charge in [-0.05, 0) is 19.1 Å². The Morgan fingerprint density at radius 1 is 1.44 bits per heavy atom. The smallest absolute Gasteiger partial charge is 0.310 e. The van der Waals surface area contributed by atoms with Crippen LogP contribution in [0, 0.1) is 5.82 Å². The second kappa shape index (κ2) is 4.93. The molecule has 100 valence electrons. The maximum atomic E-state index is 13.4. The van der Waals surface area contributed by atoms with Crippen molar-refractivity contribution in [3.05, 3.63) is 23.5 Å². The van der Waals surface area contributed by atoms with Gasteiger partial charge in [0.25, 0.3) is 0 Å². The van der Waals surface area contributed by atoms with E-state index in [-0.39, 0.29) is 16.2 Å². The minimum Gasteiger partial charge on any atom is -0.495 e. The molecule has 1 N–H and O–H groups in total. The average Bonchev–Trinajstić information content (AvgIpc) is 2.25. The molecule has 5 nitrogen and oxygen atoms in total. The van der Waals surface area contributed by atoms with E-state index in [1.165, 1.54) is 14.0 Å². The van der Waals surface area contributed by atoms with Gasteiger partial charge in [0.05, 0.1) is 13.0 Å². The summed E-state index contributed by atoms with van der Waals surface area (Å²) in [6.45, 7) is 1.33. The van der Waals surface area contributed by atoms with Crippen LogP contribution in [0.2, 0.25) is 0 Å². The summed E-state index contributed by atoms with van der Waals surface area (Å²) < 4.78 is 41.3. The van der Waals surface area contributed by atoms with Crippen molar-refractivity contribution in [1.29, 1.82) is 0 Å². The molecule has 0 radical (unpaired) electrons. The van der Waals surface area contributed by atoms with Crippen molar-refractivity contribution in [3.8, 4) is 5.75 Å². The Bertz CT molecular complexity index is 579. The molecule has 0 fully saturated rings. The van der Waals surface area contributed by atoms with Gasteiger partial charge < -0.3 is 9.84 Å². The van der Waals surface area contributed by atoms with E-state index >= 15 is 0 Å². The Morgan fingerprint density at radius 3 is 2.39 bits per heavy atom. The molecule has 0 amide bonds. The number of aliphatic carboxylic acids is 1. The van der Waals surface area contributed by atoms with E-state index in [9.17, 15) is 17.6 Å². The van der Waals surface area contributed by atoms with Gasteiger partial charge in [-0.1, -0.05) is 0 Å². The number of ether oxygens (including phenoxy) is 1. The van der Waals surface area contributed by atoms with Gasteiger partial charge in [-0.25, -0.2) is 12.8 Å².